The van der Waals surface area contributed by atoms with Gasteiger partial charge in [-0.2, -0.15) is 13.2 Å². The molecule has 9 nitrogen and oxygen atoms in total. The molecule has 2 aromatic rings. The number of rotatable bonds is 0. The van der Waals surface area contributed by atoms with E-state index in [4.69, 9.17) is 9.47 Å². The SMILES string of the molecule is Cc1cc2ccc1CCS(=O)N1CCC3(CC1)N=C(NC3=O)c1cc(cc(C(F)(F)F)c1)OCCC/C=C/COCCN(C)C2=O. The molecule has 5 heterocycles. The van der Waals surface area contributed by atoms with Crippen LogP contribution in [-0.2, 0) is 33.1 Å². The summed E-state index contributed by atoms with van der Waals surface area (Å²) in [5.74, 6) is 0.0124. The molecule has 7 bridgehead atoms. The second kappa shape index (κ2) is 14.5. The summed E-state index contributed by atoms with van der Waals surface area (Å²) < 4.78 is 67.8. The molecule has 1 fully saturated rings. The van der Waals surface area contributed by atoms with Crippen LogP contribution in [0.3, 0.4) is 0 Å². The molecule has 1 saturated heterocycles. The summed E-state index contributed by atoms with van der Waals surface area (Å²) in [5.41, 5.74) is 0.624. The van der Waals surface area contributed by atoms with E-state index in [0.29, 0.717) is 63.4 Å². The average molecular weight is 661 g/mol. The molecule has 0 radical (unpaired) electrons. The van der Waals surface area contributed by atoms with Crippen LogP contribution >= 0.6 is 0 Å². The minimum absolute atomic E-state index is 0.0386. The van der Waals surface area contributed by atoms with E-state index < -0.39 is 28.3 Å². The number of hydrogen-bond acceptors (Lipinski definition) is 6. The number of carbonyl (C=O) groups excluding carboxylic acids is 2. The molecule has 248 valence electrons. The van der Waals surface area contributed by atoms with Gasteiger partial charge in [0.1, 0.15) is 17.1 Å². The average Bonchev–Trinajstić information content (AvgIpc) is 3.34. The van der Waals surface area contributed by atoms with Gasteiger partial charge in [-0.3, -0.25) is 14.6 Å². The lowest BCUT2D eigenvalue weighted by Gasteiger charge is -2.34. The Morgan fingerprint density at radius 3 is 2.52 bits per heavy atom. The van der Waals surface area contributed by atoms with E-state index in [1.165, 1.54) is 6.07 Å². The molecule has 13 heteroatoms. The van der Waals surface area contributed by atoms with Gasteiger partial charge in [-0.1, -0.05) is 18.2 Å². The Morgan fingerprint density at radius 2 is 1.78 bits per heavy atom. The maximum atomic E-state index is 13.8. The van der Waals surface area contributed by atoms with Crippen molar-refractivity contribution in [3.63, 3.8) is 0 Å². The number of likely N-dealkylation sites (N-methyl/N-ethyl adjacent to an activating group) is 1. The number of aliphatic imine (C=N–C) groups is 1. The van der Waals surface area contributed by atoms with E-state index >= 15 is 0 Å². The van der Waals surface area contributed by atoms with Crippen molar-refractivity contribution in [1.29, 1.82) is 0 Å². The highest BCUT2D eigenvalue weighted by Gasteiger charge is 2.47. The van der Waals surface area contributed by atoms with E-state index in [1.807, 2.05) is 35.5 Å². The van der Waals surface area contributed by atoms with Gasteiger partial charge in [-0.15, -0.1) is 0 Å². The highest BCUT2D eigenvalue weighted by Crippen LogP contribution is 2.36. The number of halogens is 3. The second-order valence-corrected chi connectivity index (χ2v) is 13.4. The van der Waals surface area contributed by atoms with Crippen LogP contribution < -0.4 is 10.1 Å². The third-order valence-corrected chi connectivity index (χ3v) is 10.0. The van der Waals surface area contributed by atoms with Crippen LogP contribution in [0.15, 0.2) is 53.5 Å². The fraction of sp³-hybridized carbons (Fsp3) is 0.485. The van der Waals surface area contributed by atoms with Gasteiger partial charge >= 0.3 is 6.18 Å². The number of benzene rings is 2. The Labute approximate surface area is 269 Å². The van der Waals surface area contributed by atoms with Crippen LogP contribution in [0.1, 0.15) is 58.3 Å². The summed E-state index contributed by atoms with van der Waals surface area (Å²) in [5, 5.41) is 2.70. The zero-order valence-electron chi connectivity index (χ0n) is 26.0. The third-order valence-electron chi connectivity index (χ3n) is 8.54. The molecular formula is C33H39F3N4O5S. The summed E-state index contributed by atoms with van der Waals surface area (Å²) in [6, 6.07) is 8.93. The maximum Gasteiger partial charge on any atom is 0.416 e. The van der Waals surface area contributed by atoms with Gasteiger partial charge in [0, 0.05) is 43.6 Å². The van der Waals surface area contributed by atoms with Gasteiger partial charge in [0.05, 0.1) is 36.4 Å². The quantitative estimate of drug-likeness (QED) is 0.421. The summed E-state index contributed by atoms with van der Waals surface area (Å²) in [7, 11) is 0.414. The number of carbonyl (C=O) groups is 2. The number of hydrogen-bond donors (Lipinski definition) is 1. The standard InChI is InChI=1S/C33H39F3N4O5S/c1-23-19-25-8-7-24(23)9-18-46(43)40-12-10-32(11-13-40)31(42)37-29(38-32)26-20-27(33(34,35)36)22-28(21-26)45-16-6-4-3-5-15-44-17-14-39(2)30(25)41/h3,5,7-8,19-22H,4,6,9-18H2,1-2H3,(H,37,38,42)/b5-3+. The van der Waals surface area contributed by atoms with Crippen molar-refractivity contribution in [2.45, 2.75) is 50.7 Å². The topological polar surface area (TPSA) is 101 Å². The molecule has 2 aromatic carbocycles. The van der Waals surface area contributed by atoms with Crippen LogP contribution in [0, 0.1) is 6.92 Å². The summed E-state index contributed by atoms with van der Waals surface area (Å²) in [6.07, 6.45) is 1.49. The minimum atomic E-state index is -4.62. The van der Waals surface area contributed by atoms with Crippen LogP contribution in [0.5, 0.6) is 5.75 Å². The first-order valence-corrected chi connectivity index (χ1v) is 16.7. The Balaban J connectivity index is 1.35. The molecule has 1 spiro atoms. The van der Waals surface area contributed by atoms with Gasteiger partial charge in [0.2, 0.25) is 0 Å². The van der Waals surface area contributed by atoms with E-state index in [-0.39, 0.29) is 48.4 Å². The van der Waals surface area contributed by atoms with Gasteiger partial charge in [-0.05, 0) is 80.5 Å². The summed E-state index contributed by atoms with van der Waals surface area (Å²) in [4.78, 5) is 32.3. The van der Waals surface area contributed by atoms with Crippen molar-refractivity contribution in [2.24, 2.45) is 4.99 Å². The Hall–Kier alpha value is -3.55. The highest BCUT2D eigenvalue weighted by molar-refractivity contribution is 7.82. The molecule has 0 saturated carbocycles. The van der Waals surface area contributed by atoms with Crippen molar-refractivity contribution in [1.82, 2.24) is 14.5 Å². The van der Waals surface area contributed by atoms with Crippen LogP contribution in [-0.4, -0.2) is 88.9 Å². The molecule has 1 N–H and O–H groups in total. The number of nitrogens with zero attached hydrogens (tertiary/aromatic N) is 3. The first-order chi connectivity index (χ1) is 21.9. The minimum Gasteiger partial charge on any atom is -0.494 e. The Bertz CT molecular complexity index is 1540. The smallest absolute Gasteiger partial charge is 0.416 e. The third kappa shape index (κ3) is 8.05. The molecule has 7 rings (SSSR count). The number of aryl methyl sites for hydroxylation is 2. The normalized spacial score (nSPS) is 26.1. The van der Waals surface area contributed by atoms with Crippen LogP contribution in [0.25, 0.3) is 0 Å². The first kappa shape index (κ1) is 33.8. The predicted octanol–water partition coefficient (Wildman–Crippen LogP) is 4.45. The fourth-order valence-electron chi connectivity index (χ4n) is 5.72. The largest absolute Gasteiger partial charge is 0.494 e. The second-order valence-electron chi connectivity index (χ2n) is 11.8. The summed E-state index contributed by atoms with van der Waals surface area (Å²) >= 11 is 0. The Morgan fingerprint density at radius 1 is 1.00 bits per heavy atom. The van der Waals surface area contributed by atoms with Gasteiger partial charge in [-0.25, -0.2) is 8.51 Å². The number of alkyl halides is 3. The van der Waals surface area contributed by atoms with Gasteiger partial charge < -0.3 is 19.7 Å². The Kier molecular flexibility index (Phi) is 10.6. The monoisotopic (exact) mass is 660 g/mol. The summed E-state index contributed by atoms with van der Waals surface area (Å²) in [6.45, 7) is 3.97. The van der Waals surface area contributed by atoms with Crippen molar-refractivity contribution in [3.05, 3.63) is 76.4 Å². The van der Waals surface area contributed by atoms with Crippen molar-refractivity contribution in [2.75, 3.05) is 52.3 Å². The molecule has 46 heavy (non-hydrogen) atoms. The maximum absolute atomic E-state index is 13.8. The van der Waals surface area contributed by atoms with Gasteiger partial charge in [0.25, 0.3) is 11.8 Å². The number of amides is 2. The number of ether oxygens (including phenoxy) is 2. The van der Waals surface area contributed by atoms with Crippen molar-refractivity contribution in [3.8, 4) is 5.75 Å². The van der Waals surface area contributed by atoms with Crippen LogP contribution in [0.4, 0.5) is 13.2 Å². The van der Waals surface area contributed by atoms with Crippen molar-refractivity contribution < 1.29 is 36.4 Å². The predicted molar refractivity (Wildman–Crippen MR) is 169 cm³/mol. The van der Waals surface area contributed by atoms with Crippen LogP contribution in [0.2, 0.25) is 0 Å². The molecule has 0 aromatic heterocycles. The molecule has 2 amide bonds. The lowest BCUT2D eigenvalue weighted by molar-refractivity contribution is -0.137. The highest BCUT2D eigenvalue weighted by atomic mass is 32.2. The van der Waals surface area contributed by atoms with Gasteiger partial charge in [0.15, 0.2) is 0 Å². The number of nitrogens with one attached hydrogen (secondary N) is 1. The molecular weight excluding hydrogens is 621 g/mol. The molecule has 1 atom stereocenters. The van der Waals surface area contributed by atoms with E-state index in [0.717, 1.165) is 23.3 Å². The molecule has 0 aliphatic carbocycles. The number of amidine groups is 1. The lowest BCUT2D eigenvalue weighted by Crippen LogP contribution is -2.49. The lowest BCUT2D eigenvalue weighted by atomic mass is 9.89. The van der Waals surface area contributed by atoms with E-state index in [1.54, 1.807) is 18.0 Å². The molecule has 1 unspecified atom stereocenters. The zero-order chi connectivity index (χ0) is 32.9. The number of fused-ring (bicyclic) bond motifs is 2. The van der Waals surface area contributed by atoms with E-state index in [2.05, 4.69) is 10.3 Å². The van der Waals surface area contributed by atoms with E-state index in [9.17, 15) is 27.0 Å². The van der Waals surface area contributed by atoms with Crippen molar-refractivity contribution >= 4 is 28.6 Å². The molecule has 5 aliphatic rings. The zero-order valence-corrected chi connectivity index (χ0v) is 26.8. The first-order valence-electron chi connectivity index (χ1n) is 15.4. The number of allylic oxidation sites excluding steroid dienone is 1. The number of piperidine rings is 1. The fourth-order valence-corrected chi connectivity index (χ4v) is 6.96. The molecule has 5 aliphatic heterocycles.